The summed E-state index contributed by atoms with van der Waals surface area (Å²) in [7, 11) is 0. The molecule has 5 rings (SSSR count). The Hall–Kier alpha value is -2.09. The van der Waals surface area contributed by atoms with Crippen molar-refractivity contribution in [2.75, 3.05) is 11.9 Å². The summed E-state index contributed by atoms with van der Waals surface area (Å²) in [6.07, 6.45) is 1.02. The number of anilines is 1. The van der Waals surface area contributed by atoms with Crippen LogP contribution in [0.2, 0.25) is 0 Å². The average Bonchev–Trinajstić information content (AvgIpc) is 3.15. The second kappa shape index (κ2) is 5.72. The first-order chi connectivity index (χ1) is 12.2. The lowest BCUT2D eigenvalue weighted by atomic mass is 10.1. The van der Waals surface area contributed by atoms with Crippen LogP contribution in [0.3, 0.4) is 0 Å². The van der Waals surface area contributed by atoms with Gasteiger partial charge in [-0.3, -0.25) is 14.3 Å². The minimum absolute atomic E-state index is 0.0164. The molecule has 0 aliphatic carbocycles. The smallest absolute Gasteiger partial charge is 0.245 e. The second-order valence-corrected chi connectivity index (χ2v) is 7.96. The molecule has 0 saturated carbocycles. The molecule has 0 bridgehead atoms. The topological polar surface area (TPSA) is 50.2 Å². The van der Waals surface area contributed by atoms with E-state index in [1.54, 1.807) is 11.3 Å². The van der Waals surface area contributed by atoms with Gasteiger partial charge in [0.25, 0.3) is 0 Å². The van der Waals surface area contributed by atoms with Gasteiger partial charge >= 0.3 is 0 Å². The number of amides is 1. The third-order valence-electron chi connectivity index (χ3n) is 4.85. The van der Waals surface area contributed by atoms with Gasteiger partial charge in [-0.15, -0.1) is 11.3 Å². The molecule has 4 heterocycles. The molecular weight excluding hydrogens is 352 g/mol. The SMILES string of the molecule is O=C1Cn2c(c3c4c(sc3nc2=S)CCN(Cc2ccccc2)C4)N1. The number of carbonyl (C=O) groups excluding carboxylic acids is 1. The van der Waals surface area contributed by atoms with E-state index in [1.807, 2.05) is 10.6 Å². The van der Waals surface area contributed by atoms with Gasteiger partial charge in [-0.2, -0.15) is 0 Å². The minimum atomic E-state index is -0.0164. The molecule has 2 aromatic heterocycles. The maximum absolute atomic E-state index is 11.9. The van der Waals surface area contributed by atoms with Crippen LogP contribution in [-0.4, -0.2) is 26.9 Å². The van der Waals surface area contributed by atoms with Gasteiger partial charge in [-0.1, -0.05) is 30.3 Å². The summed E-state index contributed by atoms with van der Waals surface area (Å²) in [6, 6.07) is 10.5. The Bertz CT molecular complexity index is 1050. The van der Waals surface area contributed by atoms with Crippen molar-refractivity contribution in [1.82, 2.24) is 14.5 Å². The number of thiophene rings is 1. The second-order valence-electron chi connectivity index (χ2n) is 6.51. The number of hydrogen-bond donors (Lipinski definition) is 1. The third kappa shape index (κ3) is 2.50. The average molecular weight is 368 g/mol. The van der Waals surface area contributed by atoms with Gasteiger partial charge in [0.05, 0.1) is 5.39 Å². The zero-order valence-electron chi connectivity index (χ0n) is 13.5. The fourth-order valence-electron chi connectivity index (χ4n) is 3.70. The summed E-state index contributed by atoms with van der Waals surface area (Å²) in [5.41, 5.74) is 2.62. The molecule has 126 valence electrons. The Morgan fingerprint density at radius 1 is 1.24 bits per heavy atom. The molecule has 1 N–H and O–H groups in total. The molecule has 0 radical (unpaired) electrons. The number of aromatic nitrogens is 2. The number of rotatable bonds is 2. The molecular formula is C18H16N4OS2. The number of nitrogens with one attached hydrogen (secondary N) is 1. The van der Waals surface area contributed by atoms with Crippen LogP contribution >= 0.6 is 23.6 Å². The van der Waals surface area contributed by atoms with E-state index in [0.29, 0.717) is 4.77 Å². The Morgan fingerprint density at radius 3 is 2.92 bits per heavy atom. The fourth-order valence-corrected chi connectivity index (χ4v) is 5.17. The highest BCUT2D eigenvalue weighted by Gasteiger charge is 2.28. The van der Waals surface area contributed by atoms with E-state index in [4.69, 9.17) is 12.2 Å². The first kappa shape index (κ1) is 15.2. The van der Waals surface area contributed by atoms with Crippen molar-refractivity contribution < 1.29 is 4.79 Å². The summed E-state index contributed by atoms with van der Waals surface area (Å²) in [5.74, 6) is 0.816. The van der Waals surface area contributed by atoms with E-state index in [9.17, 15) is 4.79 Å². The zero-order valence-corrected chi connectivity index (χ0v) is 15.1. The van der Waals surface area contributed by atoms with Crippen molar-refractivity contribution in [3.63, 3.8) is 0 Å². The van der Waals surface area contributed by atoms with E-state index < -0.39 is 0 Å². The van der Waals surface area contributed by atoms with E-state index in [1.165, 1.54) is 16.0 Å². The predicted molar refractivity (Wildman–Crippen MR) is 101 cm³/mol. The standard InChI is InChI=1S/C18H16N4OS2/c23-14-10-22-16(19-14)15-12-9-21(8-11-4-2-1-3-5-11)7-6-13(12)25-17(15)20-18(22)24/h1-5H,6-10H2,(H,19,23). The van der Waals surface area contributed by atoms with Crippen LogP contribution in [0.25, 0.3) is 10.2 Å². The maximum atomic E-state index is 11.9. The van der Waals surface area contributed by atoms with Gasteiger partial charge in [-0.05, 0) is 29.8 Å². The van der Waals surface area contributed by atoms with Crippen molar-refractivity contribution in [3.05, 3.63) is 51.1 Å². The number of nitrogens with zero attached hydrogens (tertiary/aromatic N) is 3. The lowest BCUT2D eigenvalue weighted by molar-refractivity contribution is -0.115. The molecule has 2 aliphatic heterocycles. The highest BCUT2D eigenvalue weighted by Crippen LogP contribution is 2.39. The van der Waals surface area contributed by atoms with Crippen molar-refractivity contribution in [3.8, 4) is 0 Å². The van der Waals surface area contributed by atoms with Gasteiger partial charge in [0, 0.05) is 24.5 Å². The quantitative estimate of drug-likeness (QED) is 0.705. The third-order valence-corrected chi connectivity index (χ3v) is 6.35. The van der Waals surface area contributed by atoms with Gasteiger partial charge in [0.1, 0.15) is 17.2 Å². The van der Waals surface area contributed by atoms with Crippen LogP contribution in [0.15, 0.2) is 30.3 Å². The Balaban J connectivity index is 1.57. The summed E-state index contributed by atoms with van der Waals surface area (Å²) < 4.78 is 2.31. The Labute approximate surface area is 153 Å². The van der Waals surface area contributed by atoms with Crippen LogP contribution in [0.4, 0.5) is 5.82 Å². The molecule has 1 amide bonds. The largest absolute Gasteiger partial charge is 0.310 e. The van der Waals surface area contributed by atoms with Crippen molar-refractivity contribution >= 4 is 45.5 Å². The Morgan fingerprint density at radius 2 is 2.08 bits per heavy atom. The molecule has 5 nitrogen and oxygen atoms in total. The van der Waals surface area contributed by atoms with E-state index in [0.717, 1.165) is 42.1 Å². The summed E-state index contributed by atoms with van der Waals surface area (Å²) in [5, 5.41) is 4.07. The predicted octanol–water partition coefficient (Wildman–Crippen LogP) is 3.34. The highest BCUT2D eigenvalue weighted by atomic mass is 32.1. The molecule has 2 aliphatic rings. The molecule has 0 saturated heterocycles. The van der Waals surface area contributed by atoms with Crippen LogP contribution in [0.1, 0.15) is 16.0 Å². The van der Waals surface area contributed by atoms with Gasteiger partial charge in [0.2, 0.25) is 10.7 Å². The number of hydrogen-bond acceptors (Lipinski definition) is 5. The Kier molecular flexibility index (Phi) is 3.48. The molecule has 7 heteroatoms. The van der Waals surface area contributed by atoms with Crippen LogP contribution in [0, 0.1) is 4.77 Å². The number of benzene rings is 1. The van der Waals surface area contributed by atoms with E-state index in [-0.39, 0.29) is 12.5 Å². The molecule has 1 aromatic carbocycles. The molecule has 0 spiro atoms. The van der Waals surface area contributed by atoms with Crippen LogP contribution < -0.4 is 5.32 Å². The summed E-state index contributed by atoms with van der Waals surface area (Å²) in [4.78, 5) is 21.2. The fraction of sp³-hybridized carbons (Fsp3) is 0.278. The molecule has 3 aromatic rings. The molecule has 25 heavy (non-hydrogen) atoms. The van der Waals surface area contributed by atoms with E-state index >= 15 is 0 Å². The first-order valence-electron chi connectivity index (χ1n) is 8.30. The van der Waals surface area contributed by atoms with Gasteiger partial charge in [-0.25, -0.2) is 4.98 Å². The van der Waals surface area contributed by atoms with Gasteiger partial charge in [0.15, 0.2) is 0 Å². The summed E-state index contributed by atoms with van der Waals surface area (Å²) in [6.45, 7) is 3.13. The number of fused-ring (bicyclic) bond motifs is 5. The lowest BCUT2D eigenvalue weighted by Gasteiger charge is -2.27. The monoisotopic (exact) mass is 368 g/mol. The zero-order chi connectivity index (χ0) is 17.0. The van der Waals surface area contributed by atoms with Crippen molar-refractivity contribution in [2.45, 2.75) is 26.1 Å². The first-order valence-corrected chi connectivity index (χ1v) is 9.53. The van der Waals surface area contributed by atoms with Crippen LogP contribution in [0.5, 0.6) is 0 Å². The lowest BCUT2D eigenvalue weighted by Crippen LogP contribution is -2.29. The highest BCUT2D eigenvalue weighted by molar-refractivity contribution is 7.71. The van der Waals surface area contributed by atoms with E-state index in [2.05, 4.69) is 39.5 Å². The molecule has 0 unspecified atom stereocenters. The molecule has 0 fully saturated rings. The van der Waals surface area contributed by atoms with Gasteiger partial charge < -0.3 is 5.32 Å². The van der Waals surface area contributed by atoms with Crippen LogP contribution in [-0.2, 0) is 30.8 Å². The normalized spacial score (nSPS) is 16.7. The molecule has 0 atom stereocenters. The maximum Gasteiger partial charge on any atom is 0.245 e. The summed E-state index contributed by atoms with van der Waals surface area (Å²) >= 11 is 7.09. The number of carbonyl (C=O) groups is 1. The van der Waals surface area contributed by atoms with Crippen molar-refractivity contribution in [1.29, 1.82) is 0 Å². The van der Waals surface area contributed by atoms with Crippen molar-refractivity contribution in [2.24, 2.45) is 0 Å². The minimum Gasteiger partial charge on any atom is -0.310 e.